The Morgan fingerprint density at radius 1 is 1.19 bits per heavy atom. The van der Waals surface area contributed by atoms with Gasteiger partial charge in [-0.05, 0) is 6.92 Å². The molecule has 13 heteroatoms. The largest absolute Gasteiger partial charge is 0.393 e. The van der Waals surface area contributed by atoms with Crippen molar-refractivity contribution in [2.75, 3.05) is 30.8 Å². The van der Waals surface area contributed by atoms with E-state index in [9.17, 15) is 27.5 Å². The Bertz CT molecular complexity index is 1130. The molecule has 0 aliphatic carbocycles. The average molecular weight is 442 g/mol. The van der Waals surface area contributed by atoms with Crippen LogP contribution in [0, 0.1) is 23.3 Å². The zero-order valence-corrected chi connectivity index (χ0v) is 16.3. The maximum Gasteiger partial charge on any atom is 0.271 e. The lowest BCUT2D eigenvalue weighted by atomic mass is 10.1. The van der Waals surface area contributed by atoms with Crippen LogP contribution in [-0.2, 0) is 0 Å². The highest BCUT2D eigenvalue weighted by Crippen LogP contribution is 2.28. The fourth-order valence-electron chi connectivity index (χ4n) is 2.60. The van der Waals surface area contributed by atoms with Crippen molar-refractivity contribution in [2.45, 2.75) is 12.5 Å². The maximum absolute atomic E-state index is 14.0. The highest BCUT2D eigenvalue weighted by atomic mass is 19.2. The average Bonchev–Trinajstić information content (AvgIpc) is 3.17. The molecule has 1 atom stereocenters. The number of halogens is 4. The number of hydrogen-bond acceptors (Lipinski definition) is 7. The summed E-state index contributed by atoms with van der Waals surface area (Å²) in [5.41, 5.74) is -2.34. The second-order valence-electron chi connectivity index (χ2n) is 6.88. The molecule has 0 saturated carbocycles. The van der Waals surface area contributed by atoms with Crippen LogP contribution < -0.4 is 16.0 Å². The third kappa shape index (κ3) is 4.36. The molecule has 0 fully saturated rings. The number of aliphatic hydroxyl groups is 2. The molecule has 0 aliphatic heterocycles. The van der Waals surface area contributed by atoms with Crippen LogP contribution in [0.25, 0.3) is 5.65 Å². The molecule has 0 radical (unpaired) electrons. The molecular weight excluding hydrogens is 424 g/mol. The highest BCUT2D eigenvalue weighted by Gasteiger charge is 2.24. The SMILES string of the molecule is CNc1cc(Nc2c(F)c(F)cc(F)c2F)nn2c(C(=O)NC[C@](C)(O)CO)cnc12. The smallest absolute Gasteiger partial charge is 0.271 e. The van der Waals surface area contributed by atoms with Crippen LogP contribution in [0.1, 0.15) is 17.4 Å². The number of rotatable bonds is 7. The van der Waals surface area contributed by atoms with Gasteiger partial charge in [0.05, 0.1) is 18.5 Å². The first-order valence-corrected chi connectivity index (χ1v) is 8.86. The van der Waals surface area contributed by atoms with Gasteiger partial charge in [0.15, 0.2) is 40.4 Å². The standard InChI is InChI=1S/C18H18F4N6O3/c1-18(31,7-29)6-25-17(30)11-5-24-16-10(23-2)4-12(27-28(11)16)26-15-13(21)8(19)3-9(20)14(15)22/h3-5,23,29,31H,6-7H2,1-2H3,(H,25,30)(H,26,27)/t18-/m0/s1. The summed E-state index contributed by atoms with van der Waals surface area (Å²) < 4.78 is 56.0. The Balaban J connectivity index is 2.02. The molecule has 1 aromatic carbocycles. The van der Waals surface area contributed by atoms with Crippen LogP contribution in [-0.4, -0.2) is 56.5 Å². The lowest BCUT2D eigenvalue weighted by Gasteiger charge is -2.20. The van der Waals surface area contributed by atoms with E-state index in [1.165, 1.54) is 26.2 Å². The number of amides is 1. The monoisotopic (exact) mass is 442 g/mol. The van der Waals surface area contributed by atoms with Gasteiger partial charge in [-0.1, -0.05) is 0 Å². The van der Waals surface area contributed by atoms with Gasteiger partial charge in [-0.25, -0.2) is 27.1 Å². The Morgan fingerprint density at radius 2 is 1.84 bits per heavy atom. The second kappa shape index (κ2) is 8.35. The van der Waals surface area contributed by atoms with Crippen LogP contribution in [0.3, 0.4) is 0 Å². The molecule has 0 bridgehead atoms. The predicted molar refractivity (Wildman–Crippen MR) is 102 cm³/mol. The molecule has 1 amide bonds. The molecule has 3 aromatic rings. The van der Waals surface area contributed by atoms with Crippen molar-refractivity contribution in [3.8, 4) is 0 Å². The molecule has 2 heterocycles. The molecule has 31 heavy (non-hydrogen) atoms. The van der Waals surface area contributed by atoms with Crippen molar-refractivity contribution in [1.82, 2.24) is 19.9 Å². The van der Waals surface area contributed by atoms with E-state index >= 15 is 0 Å². The van der Waals surface area contributed by atoms with Crippen LogP contribution in [0.5, 0.6) is 0 Å². The van der Waals surface area contributed by atoms with Crippen LogP contribution in [0.2, 0.25) is 0 Å². The first-order valence-electron chi connectivity index (χ1n) is 8.86. The van der Waals surface area contributed by atoms with Gasteiger partial charge in [0, 0.05) is 25.7 Å². The van der Waals surface area contributed by atoms with Gasteiger partial charge >= 0.3 is 0 Å². The number of anilines is 3. The van der Waals surface area contributed by atoms with Gasteiger partial charge in [0.1, 0.15) is 11.3 Å². The summed E-state index contributed by atoms with van der Waals surface area (Å²) in [6, 6.07) is 1.34. The molecule has 0 saturated heterocycles. The molecular formula is C18H18F4N6O3. The number of aliphatic hydroxyl groups excluding tert-OH is 1. The van der Waals surface area contributed by atoms with Crippen LogP contribution >= 0.6 is 0 Å². The van der Waals surface area contributed by atoms with E-state index in [0.717, 1.165) is 4.52 Å². The van der Waals surface area contributed by atoms with Gasteiger partial charge in [-0.3, -0.25) is 4.79 Å². The first-order chi connectivity index (χ1) is 14.6. The molecule has 166 valence electrons. The van der Waals surface area contributed by atoms with Gasteiger partial charge in [0.2, 0.25) is 0 Å². The second-order valence-corrected chi connectivity index (χ2v) is 6.88. The number of aromatic nitrogens is 3. The van der Waals surface area contributed by atoms with Crippen LogP contribution in [0.4, 0.5) is 34.8 Å². The van der Waals surface area contributed by atoms with Gasteiger partial charge in [0.25, 0.3) is 5.91 Å². The van der Waals surface area contributed by atoms with E-state index in [1.54, 1.807) is 0 Å². The quantitative estimate of drug-likeness (QED) is 0.278. The van der Waals surface area contributed by atoms with Crippen molar-refractivity contribution in [2.24, 2.45) is 0 Å². The van der Waals surface area contributed by atoms with Gasteiger partial charge in [-0.2, -0.15) is 0 Å². The van der Waals surface area contributed by atoms with E-state index < -0.39 is 47.1 Å². The number of nitrogens with zero attached hydrogens (tertiary/aromatic N) is 3. The molecule has 2 aromatic heterocycles. The first kappa shape index (κ1) is 22.2. The highest BCUT2D eigenvalue weighted by molar-refractivity contribution is 5.94. The van der Waals surface area contributed by atoms with Crippen molar-refractivity contribution >= 4 is 28.7 Å². The number of carbonyl (C=O) groups is 1. The summed E-state index contributed by atoms with van der Waals surface area (Å²) in [5, 5.41) is 30.2. The summed E-state index contributed by atoms with van der Waals surface area (Å²) in [5.74, 6) is -7.48. The maximum atomic E-state index is 14.0. The minimum Gasteiger partial charge on any atom is -0.393 e. The Morgan fingerprint density at radius 3 is 2.42 bits per heavy atom. The summed E-state index contributed by atoms with van der Waals surface area (Å²) in [7, 11) is 1.51. The molecule has 5 N–H and O–H groups in total. The molecule has 9 nitrogen and oxygen atoms in total. The van der Waals surface area contributed by atoms with Gasteiger partial charge < -0.3 is 26.2 Å². The third-order valence-corrected chi connectivity index (χ3v) is 4.30. The zero-order chi connectivity index (χ0) is 22.9. The topological polar surface area (TPSA) is 124 Å². The lowest BCUT2D eigenvalue weighted by Crippen LogP contribution is -2.43. The number of carbonyl (C=O) groups excluding carboxylic acids is 1. The number of benzene rings is 1. The van der Waals surface area contributed by atoms with Crippen LogP contribution in [0.15, 0.2) is 18.3 Å². The van der Waals surface area contributed by atoms with E-state index in [2.05, 4.69) is 26.0 Å². The summed E-state index contributed by atoms with van der Waals surface area (Å²) in [6.45, 7) is 0.422. The summed E-state index contributed by atoms with van der Waals surface area (Å²) in [4.78, 5) is 16.5. The molecule has 0 aliphatic rings. The van der Waals surface area contributed by atoms with Crippen molar-refractivity contribution in [1.29, 1.82) is 0 Å². The fourth-order valence-corrected chi connectivity index (χ4v) is 2.60. The number of imidazole rings is 1. The third-order valence-electron chi connectivity index (χ3n) is 4.30. The summed E-state index contributed by atoms with van der Waals surface area (Å²) in [6.07, 6.45) is 1.17. The van der Waals surface area contributed by atoms with E-state index in [1.807, 2.05) is 0 Å². The van der Waals surface area contributed by atoms with E-state index in [0.29, 0.717) is 0 Å². The van der Waals surface area contributed by atoms with Crippen molar-refractivity contribution in [3.05, 3.63) is 47.3 Å². The van der Waals surface area contributed by atoms with E-state index in [4.69, 9.17) is 5.11 Å². The molecule has 0 unspecified atom stereocenters. The Labute approximate surface area is 172 Å². The summed E-state index contributed by atoms with van der Waals surface area (Å²) >= 11 is 0. The number of hydrogen-bond donors (Lipinski definition) is 5. The Hall–Kier alpha value is -3.45. The van der Waals surface area contributed by atoms with Crippen molar-refractivity contribution < 1.29 is 32.6 Å². The lowest BCUT2D eigenvalue weighted by molar-refractivity contribution is 0.00314. The fraction of sp³-hybridized carbons (Fsp3) is 0.278. The van der Waals surface area contributed by atoms with E-state index in [-0.39, 0.29) is 35.5 Å². The molecule has 3 rings (SSSR count). The predicted octanol–water partition coefficient (Wildman–Crippen LogP) is 1.54. The van der Waals surface area contributed by atoms with Crippen molar-refractivity contribution in [3.63, 3.8) is 0 Å². The number of fused-ring (bicyclic) bond motifs is 1. The molecule has 0 spiro atoms. The normalized spacial score (nSPS) is 13.2. The Kier molecular flexibility index (Phi) is 5.99. The number of nitrogens with one attached hydrogen (secondary N) is 3. The zero-order valence-electron chi connectivity index (χ0n) is 16.3. The van der Waals surface area contributed by atoms with Gasteiger partial charge in [-0.15, -0.1) is 5.10 Å². The minimum atomic E-state index is -1.65. The minimum absolute atomic E-state index is 0.0745.